The molecule has 0 saturated carbocycles. The molecule has 2 aromatic heterocycles. The van der Waals surface area contributed by atoms with Crippen molar-refractivity contribution in [3.8, 4) is 27.9 Å². The van der Waals surface area contributed by atoms with E-state index < -0.39 is 5.41 Å². The molecular formula is C52H33N3. The molecule has 0 amide bonds. The molecule has 0 N–H and O–H groups in total. The molecule has 0 fully saturated rings. The number of fused-ring (bicyclic) bond motifs is 8. The Morgan fingerprint density at radius 1 is 0.418 bits per heavy atom. The lowest BCUT2D eigenvalue weighted by Crippen LogP contribution is -2.29. The Hall–Kier alpha value is -7.23. The topological polar surface area (TPSA) is 21.1 Å². The summed E-state index contributed by atoms with van der Waals surface area (Å²) in [6.07, 6.45) is 2.04. The van der Waals surface area contributed by atoms with E-state index in [2.05, 4.69) is 204 Å². The summed E-state index contributed by atoms with van der Waals surface area (Å²) in [7, 11) is 0. The molecule has 0 radical (unpaired) electrons. The van der Waals surface area contributed by atoms with Crippen molar-refractivity contribution in [2.45, 2.75) is 5.41 Å². The number of hydrogen-bond donors (Lipinski definition) is 0. The molecular weight excluding hydrogens is 667 g/mol. The second kappa shape index (κ2) is 11.4. The average molecular weight is 700 g/mol. The molecule has 256 valence electrons. The smallest absolute Gasteiger partial charge is 0.137 e. The van der Waals surface area contributed by atoms with Crippen LogP contribution in [-0.2, 0) is 5.41 Å². The van der Waals surface area contributed by atoms with Gasteiger partial charge in [0.15, 0.2) is 0 Å². The molecule has 0 spiro atoms. The van der Waals surface area contributed by atoms with E-state index in [-0.39, 0.29) is 0 Å². The summed E-state index contributed by atoms with van der Waals surface area (Å²) >= 11 is 0. The third-order valence-corrected chi connectivity index (χ3v) is 12.0. The fourth-order valence-corrected chi connectivity index (χ4v) is 9.83. The number of pyridine rings is 1. The lowest BCUT2D eigenvalue weighted by atomic mass is 9.67. The van der Waals surface area contributed by atoms with Crippen molar-refractivity contribution >= 4 is 49.8 Å². The monoisotopic (exact) mass is 699 g/mol. The molecule has 0 atom stereocenters. The lowest BCUT2D eigenvalue weighted by molar-refractivity contribution is 0.768. The summed E-state index contributed by atoms with van der Waals surface area (Å²) in [5, 5.41) is 4.95. The van der Waals surface area contributed by atoms with E-state index in [1.807, 2.05) is 6.20 Å². The fourth-order valence-electron chi connectivity index (χ4n) is 9.83. The van der Waals surface area contributed by atoms with E-state index in [4.69, 9.17) is 4.98 Å². The molecule has 0 unspecified atom stereocenters. The molecule has 55 heavy (non-hydrogen) atoms. The van der Waals surface area contributed by atoms with Gasteiger partial charge in [0.25, 0.3) is 0 Å². The van der Waals surface area contributed by atoms with Crippen LogP contribution in [0.5, 0.6) is 0 Å². The Kier molecular flexibility index (Phi) is 6.26. The van der Waals surface area contributed by atoms with Crippen molar-refractivity contribution < 1.29 is 0 Å². The van der Waals surface area contributed by atoms with E-state index >= 15 is 0 Å². The van der Waals surface area contributed by atoms with Crippen molar-refractivity contribution in [1.82, 2.24) is 9.55 Å². The minimum atomic E-state index is -0.508. The van der Waals surface area contributed by atoms with Crippen LogP contribution in [0.3, 0.4) is 0 Å². The van der Waals surface area contributed by atoms with Gasteiger partial charge in [-0.05, 0) is 86.8 Å². The van der Waals surface area contributed by atoms with E-state index in [1.54, 1.807) is 0 Å². The highest BCUT2D eigenvalue weighted by atomic mass is 15.2. The highest BCUT2D eigenvalue weighted by Gasteiger charge is 2.47. The number of anilines is 3. The van der Waals surface area contributed by atoms with Gasteiger partial charge in [0.1, 0.15) is 5.82 Å². The highest BCUT2D eigenvalue weighted by Crippen LogP contribution is 2.60. The van der Waals surface area contributed by atoms with Crippen molar-refractivity contribution in [3.63, 3.8) is 0 Å². The summed E-state index contributed by atoms with van der Waals surface area (Å²) in [5.74, 6) is 0.883. The maximum atomic E-state index is 5.32. The van der Waals surface area contributed by atoms with Gasteiger partial charge in [0, 0.05) is 21.7 Å². The van der Waals surface area contributed by atoms with Crippen LogP contribution < -0.4 is 4.90 Å². The van der Waals surface area contributed by atoms with Crippen molar-refractivity contribution in [1.29, 1.82) is 0 Å². The van der Waals surface area contributed by atoms with Crippen LogP contribution in [0.4, 0.5) is 17.2 Å². The SMILES string of the molecule is c1ccc(C2(c3ccccc3)c3ccccc3-c3cc4c(cc32)N(c2ccc(-n3c5ccccc5c5ccccc53)cn2)c2cccc3cccc-4c23)cc1. The second-order valence-corrected chi connectivity index (χ2v) is 14.7. The molecule has 1 aliphatic heterocycles. The minimum Gasteiger partial charge on any atom is -0.308 e. The van der Waals surface area contributed by atoms with Crippen molar-refractivity contribution in [2.24, 2.45) is 0 Å². The molecule has 3 nitrogen and oxygen atoms in total. The summed E-state index contributed by atoms with van der Waals surface area (Å²) in [5.41, 5.74) is 15.3. The van der Waals surface area contributed by atoms with Gasteiger partial charge in [-0.15, -0.1) is 0 Å². The van der Waals surface area contributed by atoms with Gasteiger partial charge in [0.2, 0.25) is 0 Å². The van der Waals surface area contributed by atoms with Crippen LogP contribution in [-0.4, -0.2) is 9.55 Å². The minimum absolute atomic E-state index is 0.508. The summed E-state index contributed by atoms with van der Waals surface area (Å²) in [6.45, 7) is 0. The predicted octanol–water partition coefficient (Wildman–Crippen LogP) is 13.1. The van der Waals surface area contributed by atoms with Gasteiger partial charge in [-0.3, -0.25) is 4.90 Å². The molecule has 3 heteroatoms. The fraction of sp³-hybridized carbons (Fsp3) is 0.0192. The molecule has 3 heterocycles. The molecule has 1 aliphatic carbocycles. The number of rotatable bonds is 4. The van der Waals surface area contributed by atoms with Crippen LogP contribution in [0, 0.1) is 0 Å². The van der Waals surface area contributed by atoms with Crippen LogP contribution in [0.25, 0.3) is 60.5 Å². The van der Waals surface area contributed by atoms with Crippen molar-refractivity contribution in [3.05, 3.63) is 223 Å². The lowest BCUT2D eigenvalue weighted by Gasteiger charge is -2.37. The van der Waals surface area contributed by atoms with Crippen LogP contribution in [0.1, 0.15) is 22.3 Å². The summed E-state index contributed by atoms with van der Waals surface area (Å²) in [6, 6.07) is 71.1. The first-order valence-electron chi connectivity index (χ1n) is 19.0. The Morgan fingerprint density at radius 2 is 1.04 bits per heavy atom. The van der Waals surface area contributed by atoms with Crippen LogP contribution in [0.15, 0.2) is 200 Å². The number of aromatic nitrogens is 2. The largest absolute Gasteiger partial charge is 0.308 e. The van der Waals surface area contributed by atoms with Crippen LogP contribution in [0.2, 0.25) is 0 Å². The van der Waals surface area contributed by atoms with Crippen LogP contribution >= 0.6 is 0 Å². The van der Waals surface area contributed by atoms with Gasteiger partial charge >= 0.3 is 0 Å². The van der Waals surface area contributed by atoms with Gasteiger partial charge in [0.05, 0.1) is 39.7 Å². The third-order valence-electron chi connectivity index (χ3n) is 12.0. The first-order chi connectivity index (χ1) is 27.3. The van der Waals surface area contributed by atoms with Gasteiger partial charge in [-0.2, -0.15) is 0 Å². The number of para-hydroxylation sites is 2. The maximum Gasteiger partial charge on any atom is 0.137 e. The molecule has 8 aromatic carbocycles. The standard InChI is InChI=1S/C52H33N3/c1-3-17-35(18-4-1)52(36-19-5-2-6-20-36)44-25-10-7-21-38(44)42-31-43-41-24-13-15-34-16-14-28-48(51(34)41)55(49(43)32-45(42)52)50-30-29-37(33-53-50)54-46-26-11-8-22-39(46)40-23-9-12-27-47(40)54/h1-33H. The van der Waals surface area contributed by atoms with E-state index in [1.165, 1.54) is 77.1 Å². The second-order valence-electron chi connectivity index (χ2n) is 14.7. The first kappa shape index (κ1) is 30.3. The average Bonchev–Trinajstić information content (AvgIpc) is 3.75. The molecule has 0 bridgehead atoms. The normalized spacial score (nSPS) is 13.6. The van der Waals surface area contributed by atoms with E-state index in [9.17, 15) is 0 Å². The maximum absolute atomic E-state index is 5.32. The van der Waals surface area contributed by atoms with Crippen molar-refractivity contribution in [2.75, 3.05) is 4.90 Å². The third kappa shape index (κ3) is 4.07. The van der Waals surface area contributed by atoms with Gasteiger partial charge in [-0.25, -0.2) is 4.98 Å². The number of benzene rings is 8. The quantitative estimate of drug-likeness (QED) is 0.182. The predicted molar refractivity (Wildman–Crippen MR) is 227 cm³/mol. The zero-order valence-corrected chi connectivity index (χ0v) is 29.9. The zero-order chi connectivity index (χ0) is 36.1. The first-order valence-corrected chi connectivity index (χ1v) is 19.0. The molecule has 10 aromatic rings. The number of nitrogens with zero attached hydrogens (tertiary/aromatic N) is 3. The van der Waals surface area contributed by atoms with Gasteiger partial charge < -0.3 is 4.57 Å². The Labute approximate surface area is 319 Å². The zero-order valence-electron chi connectivity index (χ0n) is 29.9. The Bertz CT molecular complexity index is 3040. The Morgan fingerprint density at radius 3 is 1.73 bits per heavy atom. The summed E-state index contributed by atoms with van der Waals surface area (Å²) in [4.78, 5) is 7.71. The van der Waals surface area contributed by atoms with E-state index in [0.29, 0.717) is 0 Å². The summed E-state index contributed by atoms with van der Waals surface area (Å²) < 4.78 is 2.33. The molecule has 12 rings (SSSR count). The highest BCUT2D eigenvalue weighted by molar-refractivity contribution is 6.15. The van der Waals surface area contributed by atoms with E-state index in [0.717, 1.165) is 22.9 Å². The number of hydrogen-bond acceptors (Lipinski definition) is 2. The van der Waals surface area contributed by atoms with Gasteiger partial charge in [-0.1, -0.05) is 152 Å². The Balaban J connectivity index is 1.13. The molecule has 0 saturated heterocycles. The molecule has 2 aliphatic rings.